The molecule has 0 radical (unpaired) electrons. The van der Waals surface area contributed by atoms with Gasteiger partial charge in [0.2, 0.25) is 0 Å². The van der Waals surface area contributed by atoms with E-state index in [0.29, 0.717) is 13.1 Å². The summed E-state index contributed by atoms with van der Waals surface area (Å²) in [6.07, 6.45) is -0.125. The second-order valence-electron chi connectivity index (χ2n) is 3.71. The van der Waals surface area contributed by atoms with Crippen molar-refractivity contribution in [2.45, 2.75) is 32.2 Å². The van der Waals surface area contributed by atoms with Crippen molar-refractivity contribution in [2.24, 2.45) is 5.92 Å². The molecule has 0 saturated carbocycles. The first-order chi connectivity index (χ1) is 5.97. The Morgan fingerprint density at radius 2 is 2.23 bits per heavy atom. The summed E-state index contributed by atoms with van der Waals surface area (Å²) in [5.41, 5.74) is 0. The third-order valence-corrected chi connectivity index (χ3v) is 2.70. The van der Waals surface area contributed by atoms with Crippen LogP contribution in [-0.2, 0) is 0 Å². The molecule has 13 heavy (non-hydrogen) atoms. The van der Waals surface area contributed by atoms with Crippen molar-refractivity contribution in [3.63, 3.8) is 0 Å². The van der Waals surface area contributed by atoms with Gasteiger partial charge in [-0.25, -0.2) is 8.78 Å². The number of likely N-dealkylation sites (tertiary alicyclic amines) is 1. The molecule has 0 bridgehead atoms. The Kier molecular flexibility index (Phi) is 2.87. The van der Waals surface area contributed by atoms with Crippen molar-refractivity contribution < 1.29 is 8.78 Å². The Morgan fingerprint density at radius 1 is 1.62 bits per heavy atom. The highest BCUT2D eigenvalue weighted by Crippen LogP contribution is 2.33. The summed E-state index contributed by atoms with van der Waals surface area (Å²) in [5.74, 6) is -3.19. The fourth-order valence-corrected chi connectivity index (χ4v) is 1.55. The molecule has 1 aliphatic rings. The predicted molar refractivity (Wildman–Crippen MR) is 45.4 cm³/mol. The van der Waals surface area contributed by atoms with Crippen LogP contribution < -0.4 is 0 Å². The van der Waals surface area contributed by atoms with Crippen LogP contribution in [0.15, 0.2) is 0 Å². The van der Waals surface area contributed by atoms with Gasteiger partial charge in [-0.05, 0) is 6.92 Å². The van der Waals surface area contributed by atoms with Gasteiger partial charge in [-0.2, -0.15) is 5.26 Å². The molecule has 0 spiro atoms. The Balaban J connectivity index is 2.57. The van der Waals surface area contributed by atoms with Crippen LogP contribution in [0.1, 0.15) is 20.3 Å². The minimum Gasteiger partial charge on any atom is -0.288 e. The summed E-state index contributed by atoms with van der Waals surface area (Å²) >= 11 is 0. The van der Waals surface area contributed by atoms with Crippen LogP contribution in [-0.4, -0.2) is 30.0 Å². The topological polar surface area (TPSA) is 27.0 Å². The van der Waals surface area contributed by atoms with E-state index in [1.807, 2.05) is 4.90 Å². The molecule has 0 aliphatic carbocycles. The average Bonchev–Trinajstić information content (AvgIpc) is 2.08. The van der Waals surface area contributed by atoms with Crippen molar-refractivity contribution >= 4 is 0 Å². The zero-order valence-electron chi connectivity index (χ0n) is 7.93. The monoisotopic (exact) mass is 188 g/mol. The van der Waals surface area contributed by atoms with Gasteiger partial charge in [0.15, 0.2) is 0 Å². The van der Waals surface area contributed by atoms with Gasteiger partial charge < -0.3 is 0 Å². The second-order valence-corrected chi connectivity index (χ2v) is 3.71. The van der Waals surface area contributed by atoms with Gasteiger partial charge in [0.25, 0.3) is 5.92 Å². The van der Waals surface area contributed by atoms with Crippen LogP contribution >= 0.6 is 0 Å². The van der Waals surface area contributed by atoms with Crippen LogP contribution in [0.2, 0.25) is 0 Å². The van der Waals surface area contributed by atoms with Crippen LogP contribution in [0.3, 0.4) is 0 Å². The zero-order chi connectivity index (χ0) is 10.1. The largest absolute Gasteiger partial charge is 0.288 e. The normalized spacial score (nSPS) is 30.8. The molecule has 1 saturated heterocycles. The molecular weight excluding hydrogens is 174 g/mol. The van der Waals surface area contributed by atoms with Gasteiger partial charge in [-0.3, -0.25) is 4.90 Å². The third-order valence-electron chi connectivity index (χ3n) is 2.70. The van der Waals surface area contributed by atoms with Crippen LogP contribution in [0.4, 0.5) is 8.78 Å². The van der Waals surface area contributed by atoms with E-state index in [4.69, 9.17) is 5.26 Å². The van der Waals surface area contributed by atoms with E-state index >= 15 is 0 Å². The number of halogens is 2. The number of rotatable bonds is 1. The van der Waals surface area contributed by atoms with Crippen molar-refractivity contribution in [1.29, 1.82) is 5.26 Å². The van der Waals surface area contributed by atoms with Gasteiger partial charge in [0, 0.05) is 25.4 Å². The first-order valence-corrected chi connectivity index (χ1v) is 4.49. The van der Waals surface area contributed by atoms with Crippen molar-refractivity contribution in [3.05, 3.63) is 0 Å². The average molecular weight is 188 g/mol. The zero-order valence-corrected chi connectivity index (χ0v) is 7.93. The lowest BCUT2D eigenvalue weighted by Gasteiger charge is -2.37. The fourth-order valence-electron chi connectivity index (χ4n) is 1.55. The highest BCUT2D eigenvalue weighted by atomic mass is 19.3. The second kappa shape index (κ2) is 3.59. The van der Waals surface area contributed by atoms with E-state index < -0.39 is 11.8 Å². The number of hydrogen-bond donors (Lipinski definition) is 0. The molecule has 2 atom stereocenters. The maximum Gasteiger partial charge on any atom is 0.253 e. The highest BCUT2D eigenvalue weighted by molar-refractivity contribution is 4.93. The molecule has 1 fully saturated rings. The van der Waals surface area contributed by atoms with Gasteiger partial charge in [-0.15, -0.1) is 0 Å². The van der Waals surface area contributed by atoms with E-state index in [9.17, 15) is 8.78 Å². The lowest BCUT2D eigenvalue weighted by atomic mass is 9.94. The number of alkyl halides is 2. The summed E-state index contributed by atoms with van der Waals surface area (Å²) in [7, 11) is 0. The van der Waals surface area contributed by atoms with Crippen LogP contribution in [0.5, 0.6) is 0 Å². The molecule has 2 nitrogen and oxygen atoms in total. The molecule has 1 aliphatic heterocycles. The van der Waals surface area contributed by atoms with Crippen LogP contribution in [0.25, 0.3) is 0 Å². The quantitative estimate of drug-likeness (QED) is 0.628. The van der Waals surface area contributed by atoms with Crippen molar-refractivity contribution in [3.8, 4) is 6.07 Å². The maximum absolute atomic E-state index is 13.0. The fraction of sp³-hybridized carbons (Fsp3) is 0.889. The first-order valence-electron chi connectivity index (χ1n) is 4.49. The number of nitriles is 1. The predicted octanol–water partition coefficient (Wildman–Crippen LogP) is 1.88. The molecule has 1 heterocycles. The lowest BCUT2D eigenvalue weighted by molar-refractivity contribution is -0.102. The minimum atomic E-state index is -2.55. The van der Waals surface area contributed by atoms with Crippen molar-refractivity contribution in [1.82, 2.24) is 4.90 Å². The summed E-state index contributed by atoms with van der Waals surface area (Å²) < 4.78 is 26.1. The Morgan fingerprint density at radius 3 is 2.69 bits per heavy atom. The SMILES string of the molecule is CC(C#N)N1CCC(F)(F)C(C)C1. The number of nitrogens with zero attached hydrogens (tertiary/aromatic N) is 2. The summed E-state index contributed by atoms with van der Waals surface area (Å²) in [6.45, 7) is 3.93. The van der Waals surface area contributed by atoms with Crippen LogP contribution in [0, 0.1) is 17.2 Å². The van der Waals surface area contributed by atoms with Gasteiger partial charge >= 0.3 is 0 Å². The Hall–Kier alpha value is -0.690. The molecule has 0 aromatic heterocycles. The molecule has 0 amide bonds. The molecule has 1 rings (SSSR count). The number of piperidine rings is 1. The summed E-state index contributed by atoms with van der Waals surface area (Å²) in [4.78, 5) is 1.81. The number of hydrogen-bond acceptors (Lipinski definition) is 2. The third kappa shape index (κ3) is 2.16. The molecule has 2 unspecified atom stereocenters. The van der Waals surface area contributed by atoms with E-state index in [1.54, 1.807) is 6.92 Å². The lowest BCUT2D eigenvalue weighted by Crippen LogP contribution is -2.48. The summed E-state index contributed by atoms with van der Waals surface area (Å²) in [5, 5.41) is 8.62. The van der Waals surface area contributed by atoms with Gasteiger partial charge in [0.1, 0.15) is 0 Å². The highest BCUT2D eigenvalue weighted by Gasteiger charge is 2.41. The van der Waals surface area contributed by atoms with Crippen molar-refractivity contribution in [2.75, 3.05) is 13.1 Å². The molecule has 0 aromatic carbocycles. The standard InChI is InChI=1S/C9H14F2N2/c1-7-6-13(8(2)5-12)4-3-9(7,10)11/h7-8H,3-4,6H2,1-2H3. The Bertz CT molecular complexity index is 222. The van der Waals surface area contributed by atoms with Gasteiger partial charge in [-0.1, -0.05) is 6.92 Å². The summed E-state index contributed by atoms with van der Waals surface area (Å²) in [6, 6.07) is 1.81. The van der Waals surface area contributed by atoms with E-state index in [0.717, 1.165) is 0 Å². The first kappa shape index (κ1) is 10.4. The molecule has 74 valence electrons. The Labute approximate surface area is 77.1 Å². The minimum absolute atomic E-state index is 0.125. The molecule has 0 aromatic rings. The maximum atomic E-state index is 13.0. The molecule has 4 heteroatoms. The molecular formula is C9H14F2N2. The van der Waals surface area contributed by atoms with E-state index in [-0.39, 0.29) is 12.5 Å². The van der Waals surface area contributed by atoms with Gasteiger partial charge in [0.05, 0.1) is 12.1 Å². The smallest absolute Gasteiger partial charge is 0.253 e. The van der Waals surface area contributed by atoms with E-state index in [2.05, 4.69) is 6.07 Å². The molecule has 0 N–H and O–H groups in total. The van der Waals surface area contributed by atoms with E-state index in [1.165, 1.54) is 6.92 Å².